The van der Waals surface area contributed by atoms with Crippen molar-refractivity contribution in [3.63, 3.8) is 0 Å². The average Bonchev–Trinajstić information content (AvgIpc) is 2.73. The predicted molar refractivity (Wildman–Crippen MR) is 115 cm³/mol. The van der Waals surface area contributed by atoms with Gasteiger partial charge < -0.3 is 10.6 Å². The van der Waals surface area contributed by atoms with E-state index in [2.05, 4.69) is 10.6 Å². The molecule has 2 aromatic rings. The number of carbonyl (C=O) groups is 2. The molecule has 0 aliphatic carbocycles. The summed E-state index contributed by atoms with van der Waals surface area (Å²) in [5.41, 5.74) is 2.52. The van der Waals surface area contributed by atoms with E-state index < -0.39 is 16.1 Å². The number of nitrogens with one attached hydrogen (secondary N) is 2. The van der Waals surface area contributed by atoms with Crippen LogP contribution in [0, 0.1) is 6.92 Å². The molecule has 1 unspecified atom stereocenters. The molecule has 3 rings (SSSR count). The number of hydrogen-bond donors (Lipinski definition) is 2. The minimum Gasteiger partial charge on any atom is -0.351 e. The fourth-order valence-electron chi connectivity index (χ4n) is 3.52. The van der Waals surface area contributed by atoms with Crippen molar-refractivity contribution < 1.29 is 18.0 Å². The molecule has 0 radical (unpaired) electrons. The quantitative estimate of drug-likeness (QED) is 0.738. The lowest BCUT2D eigenvalue weighted by Crippen LogP contribution is -2.51. The molecule has 1 atom stereocenters. The first-order valence-corrected chi connectivity index (χ1v) is 11.4. The first kappa shape index (κ1) is 22.0. The molecule has 0 spiro atoms. The molecule has 2 amide bonds. The van der Waals surface area contributed by atoms with Crippen LogP contribution in [0.15, 0.2) is 53.4 Å². The summed E-state index contributed by atoms with van der Waals surface area (Å²) in [6, 6.07) is 13.1. The van der Waals surface area contributed by atoms with E-state index >= 15 is 0 Å². The van der Waals surface area contributed by atoms with Gasteiger partial charge in [0.05, 0.1) is 4.90 Å². The Morgan fingerprint density at radius 1 is 1.03 bits per heavy atom. The number of benzene rings is 2. The van der Waals surface area contributed by atoms with Crippen molar-refractivity contribution in [2.75, 3.05) is 11.9 Å². The van der Waals surface area contributed by atoms with Crippen molar-refractivity contribution in [2.24, 2.45) is 0 Å². The molecule has 0 bridgehead atoms. The van der Waals surface area contributed by atoms with Crippen LogP contribution in [0.1, 0.15) is 37.3 Å². The molecule has 1 aliphatic rings. The molecule has 1 saturated heterocycles. The Kier molecular flexibility index (Phi) is 6.89. The van der Waals surface area contributed by atoms with Gasteiger partial charge in [-0.15, -0.1) is 0 Å². The second-order valence-corrected chi connectivity index (χ2v) is 9.43. The Labute approximate surface area is 177 Å². The first-order chi connectivity index (χ1) is 14.3. The van der Waals surface area contributed by atoms with Gasteiger partial charge in [-0.3, -0.25) is 9.59 Å². The third-order valence-corrected chi connectivity index (χ3v) is 7.05. The molecule has 7 nitrogen and oxygen atoms in total. The Balaban J connectivity index is 1.69. The third-order valence-electron chi connectivity index (χ3n) is 5.12. The number of carbonyl (C=O) groups excluding carboxylic acids is 2. The van der Waals surface area contributed by atoms with Crippen LogP contribution in [0.2, 0.25) is 0 Å². The number of nitrogens with zero attached hydrogens (tertiary/aromatic N) is 1. The number of aryl methyl sites for hydroxylation is 1. The van der Waals surface area contributed by atoms with Crippen molar-refractivity contribution in [3.05, 3.63) is 59.7 Å². The monoisotopic (exact) mass is 429 g/mol. The van der Waals surface area contributed by atoms with E-state index in [9.17, 15) is 18.0 Å². The van der Waals surface area contributed by atoms with Crippen molar-refractivity contribution in [1.29, 1.82) is 0 Å². The fourth-order valence-corrected chi connectivity index (χ4v) is 5.17. The van der Waals surface area contributed by atoms with E-state index in [1.165, 1.54) is 11.2 Å². The fraction of sp³-hybridized carbons (Fsp3) is 0.364. The molecule has 0 saturated carbocycles. The van der Waals surface area contributed by atoms with Gasteiger partial charge in [0, 0.05) is 25.7 Å². The lowest BCUT2D eigenvalue weighted by atomic mass is 10.0. The van der Waals surface area contributed by atoms with Gasteiger partial charge in [0.1, 0.15) is 6.04 Å². The molecule has 1 aliphatic heterocycles. The largest absolute Gasteiger partial charge is 0.351 e. The van der Waals surface area contributed by atoms with Crippen molar-refractivity contribution in [1.82, 2.24) is 9.62 Å². The molecular formula is C22H27N3O4S. The van der Waals surface area contributed by atoms with Gasteiger partial charge in [0.2, 0.25) is 21.8 Å². The molecule has 2 aromatic carbocycles. The van der Waals surface area contributed by atoms with Gasteiger partial charge in [-0.2, -0.15) is 4.31 Å². The average molecular weight is 430 g/mol. The van der Waals surface area contributed by atoms with Crippen molar-refractivity contribution in [2.45, 2.75) is 50.6 Å². The summed E-state index contributed by atoms with van der Waals surface area (Å²) < 4.78 is 27.6. The molecule has 1 fully saturated rings. The van der Waals surface area contributed by atoms with E-state index in [4.69, 9.17) is 0 Å². The van der Waals surface area contributed by atoms with Gasteiger partial charge in [0.25, 0.3) is 0 Å². The van der Waals surface area contributed by atoms with Crippen LogP contribution < -0.4 is 10.6 Å². The van der Waals surface area contributed by atoms with Gasteiger partial charge in [0.15, 0.2) is 0 Å². The summed E-state index contributed by atoms with van der Waals surface area (Å²) in [4.78, 5) is 24.2. The maximum Gasteiger partial charge on any atom is 0.243 e. The molecule has 160 valence electrons. The van der Waals surface area contributed by atoms with Gasteiger partial charge in [-0.1, -0.05) is 36.2 Å². The zero-order valence-electron chi connectivity index (χ0n) is 17.2. The molecule has 30 heavy (non-hydrogen) atoms. The van der Waals surface area contributed by atoms with Crippen LogP contribution in [-0.2, 0) is 26.2 Å². The summed E-state index contributed by atoms with van der Waals surface area (Å²) in [5.74, 6) is -0.445. The van der Waals surface area contributed by atoms with E-state index in [1.807, 2.05) is 19.1 Å². The van der Waals surface area contributed by atoms with E-state index in [0.29, 0.717) is 18.7 Å². The van der Waals surface area contributed by atoms with Crippen LogP contribution in [0.25, 0.3) is 0 Å². The smallest absolute Gasteiger partial charge is 0.243 e. The molecule has 2 N–H and O–H groups in total. The summed E-state index contributed by atoms with van der Waals surface area (Å²) >= 11 is 0. The lowest BCUT2D eigenvalue weighted by molar-refractivity contribution is -0.125. The highest BCUT2D eigenvalue weighted by molar-refractivity contribution is 7.89. The standard InChI is InChI=1S/C22H27N3O4S/c1-16-6-12-20(13-7-16)30(28,29)25-14-4-3-5-21(25)22(27)23-15-18-8-10-19(11-9-18)24-17(2)26/h6-13,21H,3-5,14-15H2,1-2H3,(H,23,27)(H,24,26). The third kappa shape index (κ3) is 5.25. The van der Waals surface area contributed by atoms with Crippen LogP contribution >= 0.6 is 0 Å². The number of amides is 2. The highest BCUT2D eigenvalue weighted by Crippen LogP contribution is 2.26. The Morgan fingerprint density at radius 3 is 2.33 bits per heavy atom. The number of rotatable bonds is 6. The summed E-state index contributed by atoms with van der Waals surface area (Å²) in [7, 11) is -3.74. The highest BCUT2D eigenvalue weighted by Gasteiger charge is 2.37. The number of hydrogen-bond acceptors (Lipinski definition) is 4. The lowest BCUT2D eigenvalue weighted by Gasteiger charge is -2.33. The van der Waals surface area contributed by atoms with Crippen LogP contribution in [-0.4, -0.2) is 37.1 Å². The van der Waals surface area contributed by atoms with Crippen LogP contribution in [0.3, 0.4) is 0 Å². The highest BCUT2D eigenvalue weighted by atomic mass is 32.2. The number of sulfonamides is 1. The van der Waals surface area contributed by atoms with E-state index in [1.54, 1.807) is 36.4 Å². The second kappa shape index (κ2) is 9.40. The normalized spacial score (nSPS) is 17.3. The van der Waals surface area contributed by atoms with Gasteiger partial charge in [-0.05, 0) is 49.6 Å². The van der Waals surface area contributed by atoms with Crippen LogP contribution in [0.4, 0.5) is 5.69 Å². The minimum atomic E-state index is -3.74. The maximum absolute atomic E-state index is 13.1. The van der Waals surface area contributed by atoms with Crippen LogP contribution in [0.5, 0.6) is 0 Å². The van der Waals surface area contributed by atoms with Crippen molar-refractivity contribution in [3.8, 4) is 0 Å². The number of piperidine rings is 1. The summed E-state index contributed by atoms with van der Waals surface area (Å²) in [6.45, 7) is 3.96. The SMILES string of the molecule is CC(=O)Nc1ccc(CNC(=O)C2CCCCN2S(=O)(=O)c2ccc(C)cc2)cc1. The van der Waals surface area contributed by atoms with Crippen molar-refractivity contribution >= 4 is 27.5 Å². The molecule has 1 heterocycles. The van der Waals surface area contributed by atoms with Gasteiger partial charge >= 0.3 is 0 Å². The zero-order valence-corrected chi connectivity index (χ0v) is 18.0. The maximum atomic E-state index is 13.1. The minimum absolute atomic E-state index is 0.150. The second-order valence-electron chi connectivity index (χ2n) is 7.54. The van der Waals surface area contributed by atoms with E-state index in [-0.39, 0.29) is 23.3 Å². The molecule has 8 heteroatoms. The Hall–Kier alpha value is -2.71. The zero-order chi connectivity index (χ0) is 21.7. The topological polar surface area (TPSA) is 95.6 Å². The Morgan fingerprint density at radius 2 is 1.70 bits per heavy atom. The predicted octanol–water partition coefficient (Wildman–Crippen LogP) is 2.81. The summed E-state index contributed by atoms with van der Waals surface area (Å²) in [5, 5.41) is 5.55. The molecule has 0 aromatic heterocycles. The Bertz CT molecular complexity index is 1000. The number of anilines is 1. The van der Waals surface area contributed by atoms with E-state index in [0.717, 1.165) is 24.0 Å². The summed E-state index contributed by atoms with van der Waals surface area (Å²) in [6.07, 6.45) is 2.04. The first-order valence-electron chi connectivity index (χ1n) is 10.00. The molecular weight excluding hydrogens is 402 g/mol. The van der Waals surface area contributed by atoms with Gasteiger partial charge in [-0.25, -0.2) is 8.42 Å².